The summed E-state index contributed by atoms with van der Waals surface area (Å²) in [6, 6.07) is 0. The molecule has 1 atom stereocenters. The van der Waals surface area contributed by atoms with Gasteiger partial charge < -0.3 is 19.8 Å². The maximum absolute atomic E-state index is 11.7. The summed E-state index contributed by atoms with van der Waals surface area (Å²) in [6.45, 7) is 9.16. The highest BCUT2D eigenvalue weighted by molar-refractivity contribution is 5.92. The molecule has 0 aliphatic heterocycles. The predicted molar refractivity (Wildman–Crippen MR) is 73.1 cm³/mol. The van der Waals surface area contributed by atoms with Gasteiger partial charge in [-0.15, -0.1) is 0 Å². The average molecular weight is 269 g/mol. The van der Waals surface area contributed by atoms with Crippen molar-refractivity contribution in [2.75, 3.05) is 18.9 Å². The number of nitrogens with two attached hydrogens (primary N) is 1. The number of carbonyl (C=O) groups is 1. The van der Waals surface area contributed by atoms with Gasteiger partial charge in [0.25, 0.3) is 0 Å². The second-order valence-corrected chi connectivity index (χ2v) is 4.21. The Balaban J connectivity index is 2.99. The van der Waals surface area contributed by atoms with Crippen LogP contribution in [0.3, 0.4) is 0 Å². The molecule has 1 aromatic rings. The van der Waals surface area contributed by atoms with Gasteiger partial charge in [-0.05, 0) is 20.8 Å². The highest BCUT2D eigenvalue weighted by atomic mass is 16.5. The molecular weight excluding hydrogens is 246 g/mol. The van der Waals surface area contributed by atoms with Gasteiger partial charge in [-0.25, -0.2) is 9.78 Å². The predicted octanol–water partition coefficient (Wildman–Crippen LogP) is 1.63. The molecule has 1 rings (SSSR count). The summed E-state index contributed by atoms with van der Waals surface area (Å²) in [5, 5.41) is 0. The van der Waals surface area contributed by atoms with Gasteiger partial charge in [-0.3, -0.25) is 0 Å². The smallest absolute Gasteiger partial charge is 0.360 e. The van der Waals surface area contributed by atoms with Crippen molar-refractivity contribution in [2.24, 2.45) is 0 Å². The van der Waals surface area contributed by atoms with Gasteiger partial charge in [0.1, 0.15) is 11.6 Å². The molecular formula is C13H23N3O3. The average Bonchev–Trinajstić information content (AvgIpc) is 2.67. The van der Waals surface area contributed by atoms with E-state index in [4.69, 9.17) is 15.2 Å². The maximum atomic E-state index is 11.7. The molecule has 0 amide bonds. The van der Waals surface area contributed by atoms with Gasteiger partial charge in [0.2, 0.25) is 0 Å². The molecule has 0 saturated carbocycles. The summed E-state index contributed by atoms with van der Waals surface area (Å²) in [6.07, 6.45) is 0.712. The minimum atomic E-state index is -0.475. The van der Waals surface area contributed by atoms with E-state index in [0.29, 0.717) is 32.0 Å². The van der Waals surface area contributed by atoms with Crippen LogP contribution in [0.1, 0.15) is 44.0 Å². The van der Waals surface area contributed by atoms with E-state index in [-0.39, 0.29) is 11.8 Å². The van der Waals surface area contributed by atoms with Gasteiger partial charge in [0.05, 0.1) is 19.3 Å². The Hall–Kier alpha value is -1.56. The minimum Gasteiger partial charge on any atom is -0.461 e. The van der Waals surface area contributed by atoms with Crippen molar-refractivity contribution in [1.82, 2.24) is 9.55 Å². The summed E-state index contributed by atoms with van der Waals surface area (Å²) in [7, 11) is 0. The first-order chi connectivity index (χ1) is 9.04. The van der Waals surface area contributed by atoms with Crippen molar-refractivity contribution in [1.29, 1.82) is 0 Å². The van der Waals surface area contributed by atoms with E-state index < -0.39 is 5.97 Å². The van der Waals surface area contributed by atoms with Crippen molar-refractivity contribution >= 4 is 11.8 Å². The van der Waals surface area contributed by atoms with Gasteiger partial charge in [-0.2, -0.15) is 0 Å². The Morgan fingerprint density at radius 1 is 1.37 bits per heavy atom. The number of anilines is 1. The fourth-order valence-electron chi connectivity index (χ4n) is 1.93. The molecule has 0 aliphatic carbocycles. The van der Waals surface area contributed by atoms with Crippen LogP contribution in [0.5, 0.6) is 0 Å². The first-order valence-electron chi connectivity index (χ1n) is 6.68. The quantitative estimate of drug-likeness (QED) is 0.761. The lowest BCUT2D eigenvalue weighted by Crippen LogP contribution is -2.20. The first kappa shape index (κ1) is 15.5. The number of aromatic nitrogens is 2. The number of esters is 1. The summed E-state index contributed by atoms with van der Waals surface area (Å²) in [5.41, 5.74) is 6.20. The number of nitrogens with zero attached hydrogens (tertiary/aromatic N) is 2. The van der Waals surface area contributed by atoms with E-state index in [9.17, 15) is 4.79 Å². The number of hydrogen-bond acceptors (Lipinski definition) is 5. The maximum Gasteiger partial charge on any atom is 0.360 e. The Kier molecular flexibility index (Phi) is 5.82. The van der Waals surface area contributed by atoms with Crippen LogP contribution in [0.15, 0.2) is 0 Å². The largest absolute Gasteiger partial charge is 0.461 e. The van der Waals surface area contributed by atoms with Gasteiger partial charge in [0.15, 0.2) is 5.69 Å². The third-order valence-electron chi connectivity index (χ3n) is 2.76. The zero-order chi connectivity index (χ0) is 14.4. The number of ether oxygens (including phenoxy) is 2. The van der Waals surface area contributed by atoms with Crippen molar-refractivity contribution < 1.29 is 14.3 Å². The topological polar surface area (TPSA) is 79.4 Å². The van der Waals surface area contributed by atoms with E-state index in [1.165, 1.54) is 0 Å². The summed E-state index contributed by atoms with van der Waals surface area (Å²) in [5.74, 6) is 0.645. The lowest BCUT2D eigenvalue weighted by Gasteiger charge is -2.15. The number of rotatable bonds is 7. The monoisotopic (exact) mass is 269 g/mol. The fourth-order valence-corrected chi connectivity index (χ4v) is 1.93. The Labute approximate surface area is 113 Å². The van der Waals surface area contributed by atoms with E-state index in [1.54, 1.807) is 6.92 Å². The molecule has 0 aromatic carbocycles. The Morgan fingerprint density at radius 3 is 2.58 bits per heavy atom. The Bertz CT molecular complexity index is 429. The highest BCUT2D eigenvalue weighted by Crippen LogP contribution is 2.17. The normalized spacial score (nSPS) is 12.4. The molecule has 0 radical (unpaired) electrons. The van der Waals surface area contributed by atoms with Crippen molar-refractivity contribution in [3.8, 4) is 0 Å². The van der Waals surface area contributed by atoms with E-state index in [2.05, 4.69) is 4.98 Å². The lowest BCUT2D eigenvalue weighted by atomic mass is 10.3. The lowest BCUT2D eigenvalue weighted by molar-refractivity contribution is 0.0520. The molecule has 6 heteroatoms. The Morgan fingerprint density at radius 2 is 2.05 bits per heavy atom. The van der Waals surface area contributed by atoms with Crippen LogP contribution in [0, 0.1) is 0 Å². The fraction of sp³-hybridized carbons (Fsp3) is 0.692. The number of hydrogen-bond donors (Lipinski definition) is 1. The van der Waals surface area contributed by atoms with E-state index in [0.717, 1.165) is 5.82 Å². The van der Waals surface area contributed by atoms with Crippen LogP contribution in [-0.2, 0) is 22.4 Å². The molecule has 108 valence electrons. The van der Waals surface area contributed by atoms with Crippen LogP contribution < -0.4 is 5.73 Å². The molecule has 0 aliphatic rings. The van der Waals surface area contributed by atoms with E-state index >= 15 is 0 Å². The van der Waals surface area contributed by atoms with Crippen molar-refractivity contribution in [2.45, 2.75) is 46.8 Å². The molecule has 1 unspecified atom stereocenters. The molecule has 1 aromatic heterocycles. The van der Waals surface area contributed by atoms with Crippen LogP contribution in [0.25, 0.3) is 0 Å². The van der Waals surface area contributed by atoms with Gasteiger partial charge in [-0.1, -0.05) is 6.92 Å². The molecule has 6 nitrogen and oxygen atoms in total. The molecule has 0 spiro atoms. The van der Waals surface area contributed by atoms with Crippen LogP contribution >= 0.6 is 0 Å². The zero-order valence-electron chi connectivity index (χ0n) is 12.1. The number of nitrogen functional groups attached to an aromatic ring is 1. The molecule has 1 heterocycles. The number of carbonyl (C=O) groups excluding carboxylic acids is 1. The summed E-state index contributed by atoms with van der Waals surface area (Å²) >= 11 is 0. The van der Waals surface area contributed by atoms with Crippen LogP contribution in [0.2, 0.25) is 0 Å². The second kappa shape index (κ2) is 7.13. The highest BCUT2D eigenvalue weighted by Gasteiger charge is 2.21. The van der Waals surface area contributed by atoms with Crippen molar-refractivity contribution in [3.05, 3.63) is 11.5 Å². The molecule has 0 saturated heterocycles. The molecule has 19 heavy (non-hydrogen) atoms. The second-order valence-electron chi connectivity index (χ2n) is 4.21. The molecule has 0 fully saturated rings. The molecule has 2 N–H and O–H groups in total. The molecule has 0 bridgehead atoms. The first-order valence-corrected chi connectivity index (χ1v) is 6.68. The summed E-state index contributed by atoms with van der Waals surface area (Å²) < 4.78 is 12.3. The van der Waals surface area contributed by atoms with Gasteiger partial charge in [0, 0.05) is 13.0 Å². The third-order valence-corrected chi connectivity index (χ3v) is 2.76. The summed E-state index contributed by atoms with van der Waals surface area (Å²) in [4.78, 5) is 16.0. The van der Waals surface area contributed by atoms with Crippen LogP contribution in [0.4, 0.5) is 5.82 Å². The zero-order valence-corrected chi connectivity index (χ0v) is 12.1. The number of imidazole rings is 1. The van der Waals surface area contributed by atoms with Gasteiger partial charge >= 0.3 is 5.97 Å². The number of aryl methyl sites for hydroxylation is 1. The van der Waals surface area contributed by atoms with Crippen LogP contribution in [-0.4, -0.2) is 34.8 Å². The minimum absolute atomic E-state index is 0.0156. The SMILES string of the molecule is CCOC(=O)c1nc(CC)n(CC(C)OCC)c1N. The van der Waals surface area contributed by atoms with E-state index in [1.807, 2.05) is 25.3 Å². The third kappa shape index (κ3) is 3.70. The van der Waals surface area contributed by atoms with Crippen molar-refractivity contribution in [3.63, 3.8) is 0 Å². The standard InChI is InChI=1S/C13H23N3O3/c1-5-10-15-11(13(17)19-7-3)12(14)16(10)8-9(4)18-6-2/h9H,5-8,14H2,1-4H3.